The molecule has 1 rings (SSSR count). The zero-order chi connectivity index (χ0) is 5.65. The van der Waals surface area contributed by atoms with E-state index in [-0.39, 0.29) is 15.6 Å². The number of hydrogen-bond acceptors (Lipinski definition) is 0. The van der Waals surface area contributed by atoms with Gasteiger partial charge in [-0.05, 0) is 6.92 Å². The van der Waals surface area contributed by atoms with E-state index < -0.39 is 0 Å². The van der Waals surface area contributed by atoms with Crippen LogP contribution in [-0.2, 0) is 0 Å². The van der Waals surface area contributed by atoms with Gasteiger partial charge in [0.05, 0.1) is 15.6 Å². The van der Waals surface area contributed by atoms with Gasteiger partial charge in [-0.2, -0.15) is 0 Å². The van der Waals surface area contributed by atoms with E-state index in [1.54, 1.807) is 0 Å². The zero-order valence-electron chi connectivity index (χ0n) is 3.79. The molecule has 1 fully saturated rings. The minimum Gasteiger partial charge on any atom is -0.119 e. The van der Waals surface area contributed by atoms with Crippen molar-refractivity contribution in [1.82, 2.24) is 0 Å². The Balaban J connectivity index is 2.52. The van der Waals surface area contributed by atoms with Crippen LogP contribution < -0.4 is 0 Å². The predicted octanol–water partition coefficient (Wildman–Crippen LogP) is 2.21. The topological polar surface area (TPSA) is 0 Å². The summed E-state index contributed by atoms with van der Waals surface area (Å²) in [5, 5.41) is -0.0633. The Bertz CT molecular complexity index is 78.9. The molecular weight excluding hydrogens is 154 g/mol. The highest BCUT2D eigenvalue weighted by atomic mass is 35.5. The van der Waals surface area contributed by atoms with E-state index in [9.17, 15) is 0 Å². The van der Waals surface area contributed by atoms with Crippen LogP contribution in [0.5, 0.6) is 0 Å². The number of halogens is 3. The molecule has 0 bridgehead atoms. The van der Waals surface area contributed by atoms with Crippen LogP contribution in [0.2, 0.25) is 0 Å². The van der Waals surface area contributed by atoms with Crippen LogP contribution in [0.25, 0.3) is 0 Å². The van der Waals surface area contributed by atoms with Gasteiger partial charge < -0.3 is 0 Å². The highest BCUT2D eigenvalue weighted by Crippen LogP contribution is 2.50. The highest BCUT2D eigenvalue weighted by molar-refractivity contribution is 6.47. The lowest BCUT2D eigenvalue weighted by Crippen LogP contribution is -1.92. The third kappa shape index (κ3) is 0.737. The van der Waals surface area contributed by atoms with Crippen LogP contribution in [0.1, 0.15) is 6.92 Å². The Labute approximate surface area is 57.7 Å². The van der Waals surface area contributed by atoms with Gasteiger partial charge in [0, 0.05) is 0 Å². The normalized spacial score (nSPS) is 60.0. The maximum absolute atomic E-state index is 5.68. The maximum atomic E-state index is 5.68. The van der Waals surface area contributed by atoms with Crippen molar-refractivity contribution in [3.05, 3.63) is 0 Å². The Morgan fingerprint density at radius 1 is 1.29 bits per heavy atom. The first-order valence-corrected chi connectivity index (χ1v) is 3.29. The maximum Gasteiger partial charge on any atom is 0.0774 e. The fourth-order valence-corrected chi connectivity index (χ4v) is 1.42. The molecule has 1 aliphatic rings. The smallest absolute Gasteiger partial charge is 0.0774 e. The Kier molecular flexibility index (Phi) is 1.22. The van der Waals surface area contributed by atoms with Crippen molar-refractivity contribution in [2.45, 2.75) is 22.6 Å². The minimum absolute atomic E-state index is 0.0316. The summed E-state index contributed by atoms with van der Waals surface area (Å²) in [5.41, 5.74) is 0. The quantitative estimate of drug-likeness (QED) is 0.476. The van der Waals surface area contributed by atoms with Gasteiger partial charge in [-0.3, -0.25) is 0 Å². The molecular formula is C4H5Cl3. The molecule has 0 N–H and O–H groups in total. The van der Waals surface area contributed by atoms with Gasteiger partial charge in [0.25, 0.3) is 0 Å². The van der Waals surface area contributed by atoms with Crippen molar-refractivity contribution in [3.8, 4) is 0 Å². The molecule has 7 heavy (non-hydrogen) atoms. The second-order valence-corrected chi connectivity index (χ2v) is 3.71. The summed E-state index contributed by atoms with van der Waals surface area (Å²) in [6.07, 6.45) is 0. The van der Waals surface area contributed by atoms with E-state index in [1.165, 1.54) is 0 Å². The molecule has 3 heteroatoms. The molecule has 0 aromatic rings. The lowest BCUT2D eigenvalue weighted by atomic mass is 10.5. The standard InChI is InChI=1S/C4H5Cl3/c1-4(7)2(5)3(4)6/h2-3H,1H3. The summed E-state index contributed by atoms with van der Waals surface area (Å²) in [6, 6.07) is 0. The highest BCUT2D eigenvalue weighted by Gasteiger charge is 2.58. The minimum atomic E-state index is -0.330. The lowest BCUT2D eigenvalue weighted by Gasteiger charge is -1.88. The fourth-order valence-electron chi connectivity index (χ4n) is 0.385. The third-order valence-electron chi connectivity index (χ3n) is 1.23. The molecule has 0 heterocycles. The van der Waals surface area contributed by atoms with E-state index in [1.807, 2.05) is 6.92 Å². The van der Waals surface area contributed by atoms with Gasteiger partial charge in [0.15, 0.2) is 0 Å². The molecule has 0 aromatic heterocycles. The summed E-state index contributed by atoms with van der Waals surface area (Å²) in [6.45, 7) is 1.84. The second-order valence-electron chi connectivity index (χ2n) is 1.95. The molecule has 0 amide bonds. The Morgan fingerprint density at radius 2 is 1.43 bits per heavy atom. The second kappa shape index (κ2) is 1.43. The number of rotatable bonds is 0. The third-order valence-corrected chi connectivity index (χ3v) is 3.46. The molecule has 1 aliphatic carbocycles. The van der Waals surface area contributed by atoms with E-state index >= 15 is 0 Å². The fraction of sp³-hybridized carbons (Fsp3) is 1.00. The summed E-state index contributed by atoms with van der Waals surface area (Å²) in [7, 11) is 0. The molecule has 0 saturated heterocycles. The largest absolute Gasteiger partial charge is 0.119 e. The van der Waals surface area contributed by atoms with Crippen LogP contribution in [0, 0.1) is 0 Å². The first-order chi connectivity index (χ1) is 3.07. The summed E-state index contributed by atoms with van der Waals surface area (Å²) in [5.74, 6) is 0. The van der Waals surface area contributed by atoms with E-state index in [0.29, 0.717) is 0 Å². The van der Waals surface area contributed by atoms with Crippen LogP contribution in [0.15, 0.2) is 0 Å². The van der Waals surface area contributed by atoms with Gasteiger partial charge in [0.2, 0.25) is 0 Å². The summed E-state index contributed by atoms with van der Waals surface area (Å²) >= 11 is 16.8. The average molecular weight is 159 g/mol. The molecule has 0 aromatic carbocycles. The van der Waals surface area contributed by atoms with Crippen molar-refractivity contribution in [3.63, 3.8) is 0 Å². The van der Waals surface area contributed by atoms with Crippen LogP contribution in [0.4, 0.5) is 0 Å². The van der Waals surface area contributed by atoms with Gasteiger partial charge in [0.1, 0.15) is 0 Å². The average Bonchev–Trinajstić information content (AvgIpc) is 1.91. The Hall–Kier alpha value is 0.870. The van der Waals surface area contributed by atoms with Crippen molar-refractivity contribution < 1.29 is 0 Å². The number of alkyl halides is 3. The molecule has 0 aliphatic heterocycles. The SMILES string of the molecule is CC1(Cl)C(Cl)C1Cl. The first-order valence-electron chi connectivity index (χ1n) is 2.04. The molecule has 0 radical (unpaired) electrons. The van der Waals surface area contributed by atoms with Gasteiger partial charge >= 0.3 is 0 Å². The molecule has 0 nitrogen and oxygen atoms in total. The van der Waals surface area contributed by atoms with Crippen LogP contribution >= 0.6 is 34.8 Å². The molecule has 2 unspecified atom stereocenters. The first kappa shape index (κ1) is 6.00. The van der Waals surface area contributed by atoms with Gasteiger partial charge in [-0.15, -0.1) is 34.8 Å². The van der Waals surface area contributed by atoms with Crippen molar-refractivity contribution >= 4 is 34.8 Å². The van der Waals surface area contributed by atoms with Crippen molar-refractivity contribution in [1.29, 1.82) is 0 Å². The van der Waals surface area contributed by atoms with E-state index in [2.05, 4.69) is 0 Å². The van der Waals surface area contributed by atoms with Crippen molar-refractivity contribution in [2.24, 2.45) is 0 Å². The molecule has 2 atom stereocenters. The molecule has 42 valence electrons. The monoisotopic (exact) mass is 158 g/mol. The van der Waals surface area contributed by atoms with Gasteiger partial charge in [-0.1, -0.05) is 0 Å². The van der Waals surface area contributed by atoms with Crippen molar-refractivity contribution in [2.75, 3.05) is 0 Å². The number of hydrogen-bond donors (Lipinski definition) is 0. The Morgan fingerprint density at radius 3 is 1.43 bits per heavy atom. The molecule has 0 spiro atoms. The van der Waals surface area contributed by atoms with Gasteiger partial charge in [-0.25, -0.2) is 0 Å². The lowest BCUT2D eigenvalue weighted by molar-refractivity contribution is 1.04. The summed E-state index contributed by atoms with van der Waals surface area (Å²) in [4.78, 5) is -0.330. The van der Waals surface area contributed by atoms with E-state index in [0.717, 1.165) is 0 Å². The van der Waals surface area contributed by atoms with Crippen LogP contribution in [0.3, 0.4) is 0 Å². The van der Waals surface area contributed by atoms with E-state index in [4.69, 9.17) is 34.8 Å². The molecule has 1 saturated carbocycles. The predicted molar refractivity (Wildman–Crippen MR) is 33.5 cm³/mol. The zero-order valence-corrected chi connectivity index (χ0v) is 6.06. The summed E-state index contributed by atoms with van der Waals surface area (Å²) < 4.78 is 0. The van der Waals surface area contributed by atoms with Crippen LogP contribution in [-0.4, -0.2) is 15.6 Å².